The first kappa shape index (κ1) is 37.5. The summed E-state index contributed by atoms with van der Waals surface area (Å²) in [6.07, 6.45) is 2.69. The molecule has 0 spiro atoms. The molecule has 0 bridgehead atoms. The summed E-state index contributed by atoms with van der Waals surface area (Å²) < 4.78 is 21.3. The quantitative estimate of drug-likeness (QED) is 0.0243. The number of hydrogen-bond donors (Lipinski definition) is 1. The van der Waals surface area contributed by atoms with Gasteiger partial charge in [-0.15, -0.1) is 0 Å². The molecular weight excluding hydrogens is 630 g/mol. The van der Waals surface area contributed by atoms with Crippen molar-refractivity contribution in [2.45, 2.75) is 65.4 Å². The van der Waals surface area contributed by atoms with Gasteiger partial charge in [-0.05, 0) is 73.1 Å². The number of carbonyl (C=O) groups excluding carboxylic acids is 4. The number of epoxide rings is 1. The molecule has 5 unspecified atom stereocenters. The van der Waals surface area contributed by atoms with Crippen molar-refractivity contribution in [1.82, 2.24) is 0 Å². The minimum Gasteiger partial charge on any atom is -0.469 e. The highest BCUT2D eigenvalue weighted by atomic mass is 16.7. The molecule has 1 heterocycles. The number of benzene rings is 3. The second kappa shape index (κ2) is 17.9. The van der Waals surface area contributed by atoms with Gasteiger partial charge in [-0.25, -0.2) is 4.79 Å². The smallest absolute Gasteiger partial charge is 0.337 e. The summed E-state index contributed by atoms with van der Waals surface area (Å²) in [6.45, 7) is 5.75. The van der Waals surface area contributed by atoms with E-state index in [-0.39, 0.29) is 45.2 Å². The van der Waals surface area contributed by atoms with E-state index in [2.05, 4.69) is 11.2 Å². The second-order valence-corrected chi connectivity index (χ2v) is 12.9. The Morgan fingerprint density at radius 1 is 0.959 bits per heavy atom. The van der Waals surface area contributed by atoms with E-state index in [1.54, 1.807) is 13.8 Å². The molecule has 0 saturated carbocycles. The fourth-order valence-electron chi connectivity index (χ4n) is 5.95. The Bertz CT molecular complexity index is 1580. The molecule has 49 heavy (non-hydrogen) atoms. The van der Waals surface area contributed by atoms with E-state index < -0.39 is 47.0 Å². The van der Waals surface area contributed by atoms with Crippen LogP contribution in [-0.2, 0) is 43.0 Å². The highest BCUT2D eigenvalue weighted by molar-refractivity contribution is 6.13. The number of carbonyl (C=O) groups is 4. The van der Waals surface area contributed by atoms with E-state index in [1.807, 2.05) is 55.5 Å². The Labute approximate surface area is 286 Å². The van der Waals surface area contributed by atoms with Gasteiger partial charge in [0.05, 0.1) is 49.7 Å². The second-order valence-electron chi connectivity index (χ2n) is 12.9. The van der Waals surface area contributed by atoms with Crippen LogP contribution in [0.5, 0.6) is 0 Å². The Morgan fingerprint density at radius 2 is 1.59 bits per heavy atom. The zero-order valence-electron chi connectivity index (χ0n) is 28.7. The number of hydrogen-bond acceptors (Lipinski definition) is 11. The van der Waals surface area contributed by atoms with Crippen molar-refractivity contribution in [3.63, 3.8) is 0 Å². The van der Waals surface area contributed by atoms with Crippen LogP contribution >= 0.6 is 0 Å². The minimum absolute atomic E-state index is 0.000957. The van der Waals surface area contributed by atoms with Crippen LogP contribution in [0.1, 0.15) is 64.9 Å². The van der Waals surface area contributed by atoms with Crippen molar-refractivity contribution in [3.05, 3.63) is 60.2 Å². The van der Waals surface area contributed by atoms with Crippen LogP contribution in [0.3, 0.4) is 0 Å². The Kier molecular flexibility index (Phi) is 13.7. The van der Waals surface area contributed by atoms with Crippen molar-refractivity contribution >= 4 is 51.6 Å². The van der Waals surface area contributed by atoms with Crippen molar-refractivity contribution < 1.29 is 48.1 Å². The van der Waals surface area contributed by atoms with Crippen molar-refractivity contribution in [2.24, 2.45) is 28.3 Å². The molecule has 3 aromatic rings. The van der Waals surface area contributed by atoms with Crippen LogP contribution < -0.4 is 0 Å². The number of methoxy groups -OCH3 is 1. The van der Waals surface area contributed by atoms with E-state index in [1.165, 1.54) is 13.3 Å². The largest absolute Gasteiger partial charge is 0.469 e. The summed E-state index contributed by atoms with van der Waals surface area (Å²) in [5.74, 6) is -4.88. The number of ether oxygens (including phenoxy) is 4. The molecule has 5 atom stereocenters. The summed E-state index contributed by atoms with van der Waals surface area (Å²) in [5, 5.41) is 17.1. The van der Waals surface area contributed by atoms with E-state index in [0.717, 1.165) is 27.1 Å². The predicted octanol–water partition coefficient (Wildman–Crippen LogP) is 5.76. The topological polar surface area (TPSA) is 150 Å². The first-order chi connectivity index (χ1) is 23.6. The number of aliphatic hydroxyl groups is 1. The molecule has 11 nitrogen and oxygen atoms in total. The minimum atomic E-state index is -1.02. The molecule has 1 saturated heterocycles. The SMILES string of the molecule is CCC(C)(CC(CC(CC(C)C(=O)O/N=C/c1c2ccccc2cc2ccccc12)C(=O)OCCCCO)C(=O)OCC1CO1)C(=O)OC. The van der Waals surface area contributed by atoms with Crippen LogP contribution in [0.4, 0.5) is 0 Å². The molecule has 0 amide bonds. The number of nitrogens with zero attached hydrogens (tertiary/aromatic N) is 1. The molecule has 1 N–H and O–H groups in total. The standard InChI is InChI=1S/C38H47NO10/c1-5-38(3,37(44)45-4)21-29(36(43)48-24-30-23-47-30)20-28(35(42)46-17-11-10-16-40)18-25(2)34(41)49-39-22-33-31-14-8-6-12-26(31)19-27-13-7-9-15-32(27)33/h6-9,12-15,19,22,25,28-30,40H,5,10-11,16-18,20-21,23-24H2,1-4H3/b39-22+. The van der Waals surface area contributed by atoms with Gasteiger partial charge in [0.25, 0.3) is 0 Å². The van der Waals surface area contributed by atoms with Gasteiger partial charge in [0.15, 0.2) is 0 Å². The number of oxime groups is 1. The number of esters is 3. The lowest BCUT2D eigenvalue weighted by molar-refractivity contribution is -0.158. The van der Waals surface area contributed by atoms with Crippen LogP contribution in [0, 0.1) is 23.2 Å². The lowest BCUT2D eigenvalue weighted by Crippen LogP contribution is -2.36. The summed E-state index contributed by atoms with van der Waals surface area (Å²) in [4.78, 5) is 58.2. The predicted molar refractivity (Wildman–Crippen MR) is 184 cm³/mol. The first-order valence-electron chi connectivity index (χ1n) is 16.9. The molecule has 1 fully saturated rings. The summed E-state index contributed by atoms with van der Waals surface area (Å²) in [6, 6.07) is 17.8. The van der Waals surface area contributed by atoms with E-state index in [4.69, 9.17) is 28.9 Å². The zero-order valence-corrected chi connectivity index (χ0v) is 28.7. The highest BCUT2D eigenvalue weighted by Crippen LogP contribution is 2.36. The van der Waals surface area contributed by atoms with E-state index in [9.17, 15) is 19.2 Å². The average Bonchev–Trinajstić information content (AvgIpc) is 3.95. The van der Waals surface area contributed by atoms with Gasteiger partial charge in [0, 0.05) is 12.2 Å². The summed E-state index contributed by atoms with van der Waals surface area (Å²) in [5.41, 5.74) is -0.212. The van der Waals surface area contributed by atoms with Crippen LogP contribution in [0.2, 0.25) is 0 Å². The number of rotatable bonds is 19. The highest BCUT2D eigenvalue weighted by Gasteiger charge is 2.41. The maximum atomic E-state index is 13.4. The first-order valence-corrected chi connectivity index (χ1v) is 16.9. The van der Waals surface area contributed by atoms with Gasteiger partial charge < -0.3 is 28.9 Å². The number of aliphatic hydroxyl groups excluding tert-OH is 1. The van der Waals surface area contributed by atoms with E-state index >= 15 is 0 Å². The van der Waals surface area contributed by atoms with Crippen LogP contribution in [0.25, 0.3) is 21.5 Å². The zero-order chi connectivity index (χ0) is 35.4. The molecule has 1 aliphatic rings. The molecular formula is C38H47NO10. The molecule has 11 heteroatoms. The Hall–Kier alpha value is -4.35. The Balaban J connectivity index is 1.52. The monoisotopic (exact) mass is 677 g/mol. The fraction of sp³-hybridized carbons (Fsp3) is 0.500. The van der Waals surface area contributed by atoms with Crippen molar-refractivity contribution in [3.8, 4) is 0 Å². The van der Waals surface area contributed by atoms with Crippen molar-refractivity contribution in [1.29, 1.82) is 0 Å². The third kappa shape index (κ3) is 10.3. The van der Waals surface area contributed by atoms with Gasteiger partial charge in [0.2, 0.25) is 0 Å². The average molecular weight is 678 g/mol. The maximum Gasteiger partial charge on any atom is 0.337 e. The van der Waals surface area contributed by atoms with Gasteiger partial charge in [-0.1, -0.05) is 67.5 Å². The normalized spacial score (nSPS) is 17.2. The molecule has 0 aliphatic carbocycles. The molecule has 1 aliphatic heterocycles. The summed E-state index contributed by atoms with van der Waals surface area (Å²) in [7, 11) is 1.29. The van der Waals surface area contributed by atoms with Crippen molar-refractivity contribution in [2.75, 3.05) is 33.5 Å². The lowest BCUT2D eigenvalue weighted by atomic mass is 9.75. The maximum absolute atomic E-state index is 13.4. The number of unbranched alkanes of at least 4 members (excludes halogenated alkanes) is 1. The molecule has 4 rings (SSSR count). The van der Waals surface area contributed by atoms with Gasteiger partial charge in [0.1, 0.15) is 12.7 Å². The summed E-state index contributed by atoms with van der Waals surface area (Å²) >= 11 is 0. The molecule has 0 aromatic heterocycles. The third-order valence-corrected chi connectivity index (χ3v) is 9.18. The Morgan fingerprint density at radius 3 is 2.18 bits per heavy atom. The van der Waals surface area contributed by atoms with E-state index in [0.29, 0.717) is 25.9 Å². The molecule has 0 radical (unpaired) electrons. The third-order valence-electron chi connectivity index (χ3n) is 9.18. The van der Waals surface area contributed by atoms with Gasteiger partial charge in [-0.2, -0.15) is 0 Å². The van der Waals surface area contributed by atoms with Crippen LogP contribution in [-0.4, -0.2) is 74.8 Å². The fourth-order valence-corrected chi connectivity index (χ4v) is 5.95. The van der Waals surface area contributed by atoms with Gasteiger partial charge in [-0.3, -0.25) is 14.4 Å². The number of fused-ring (bicyclic) bond motifs is 2. The van der Waals surface area contributed by atoms with Gasteiger partial charge >= 0.3 is 23.9 Å². The lowest BCUT2D eigenvalue weighted by Gasteiger charge is -2.30. The molecule has 3 aromatic carbocycles. The molecule has 264 valence electrons. The van der Waals surface area contributed by atoms with Crippen LogP contribution in [0.15, 0.2) is 59.8 Å².